The second-order valence-corrected chi connectivity index (χ2v) is 10.3. The second-order valence-electron chi connectivity index (χ2n) is 10.3. The Morgan fingerprint density at radius 2 is 1.64 bits per heavy atom. The summed E-state index contributed by atoms with van der Waals surface area (Å²) in [6, 6.07) is 23.4. The molecule has 7 rings (SSSR count). The van der Waals surface area contributed by atoms with E-state index in [9.17, 15) is 0 Å². The van der Waals surface area contributed by atoms with E-state index in [1.165, 1.54) is 24.8 Å². The molecule has 0 bridgehead atoms. The molecule has 4 aromatic heterocycles. The lowest BCUT2D eigenvalue weighted by Crippen LogP contribution is -2.30. The van der Waals surface area contributed by atoms with Crippen molar-refractivity contribution < 1.29 is 0 Å². The molecular weight excluding hydrogens is 482 g/mol. The molecule has 6 aromatic rings. The summed E-state index contributed by atoms with van der Waals surface area (Å²) in [5.41, 5.74) is 8.66. The van der Waals surface area contributed by atoms with Crippen LogP contribution in [0.4, 0.5) is 5.82 Å². The number of H-pyrrole nitrogens is 2. The number of piperidine rings is 1. The van der Waals surface area contributed by atoms with E-state index in [4.69, 9.17) is 10.1 Å². The highest BCUT2D eigenvalue weighted by atomic mass is 15.2. The Kier molecular flexibility index (Phi) is 6.26. The largest absolute Gasteiger partial charge is 0.356 e. The van der Waals surface area contributed by atoms with Crippen molar-refractivity contribution in [3.8, 4) is 22.5 Å². The molecule has 194 valence electrons. The van der Waals surface area contributed by atoms with Gasteiger partial charge in [-0.25, -0.2) is 4.98 Å². The average Bonchev–Trinajstić information content (AvgIpc) is 3.62. The number of rotatable bonds is 7. The smallest absolute Gasteiger partial charge is 0.137 e. The molecule has 1 aliphatic rings. The maximum absolute atomic E-state index is 4.75. The fraction of sp³-hybridized carbons (Fsp3) is 0.219. The molecular formula is C32H31N7. The standard InChI is InChI=1S/C32H31N7/c1-3-7-22(8-4-1)18-33-19-23-15-25(21-34-20-23)24-9-10-29-26(16-24)31(38-37-29)30-17-27-28(36-30)11-12-35-32(27)39-13-5-2-6-14-39/h1,3-4,7-12,15-17,20-21,33,36H,2,5-6,13-14,18-19H2,(H,37,38). The fourth-order valence-corrected chi connectivity index (χ4v) is 5.61. The summed E-state index contributed by atoms with van der Waals surface area (Å²) < 4.78 is 0. The molecule has 7 nitrogen and oxygen atoms in total. The van der Waals surface area contributed by atoms with Crippen LogP contribution in [0.2, 0.25) is 0 Å². The number of aromatic nitrogens is 5. The van der Waals surface area contributed by atoms with Crippen LogP contribution in [0.1, 0.15) is 30.4 Å². The second kappa shape index (κ2) is 10.3. The fourth-order valence-electron chi connectivity index (χ4n) is 5.61. The quantitative estimate of drug-likeness (QED) is 0.228. The van der Waals surface area contributed by atoms with E-state index in [0.29, 0.717) is 0 Å². The minimum absolute atomic E-state index is 0.761. The molecule has 39 heavy (non-hydrogen) atoms. The number of hydrogen-bond acceptors (Lipinski definition) is 5. The molecule has 0 atom stereocenters. The summed E-state index contributed by atoms with van der Waals surface area (Å²) in [6.07, 6.45) is 9.52. The summed E-state index contributed by atoms with van der Waals surface area (Å²) in [5.74, 6) is 1.07. The Bertz CT molecular complexity index is 1730. The third kappa shape index (κ3) is 4.77. The zero-order valence-corrected chi connectivity index (χ0v) is 21.8. The molecule has 3 N–H and O–H groups in total. The first-order valence-corrected chi connectivity index (χ1v) is 13.7. The van der Waals surface area contributed by atoms with Crippen molar-refractivity contribution in [2.45, 2.75) is 32.4 Å². The van der Waals surface area contributed by atoms with Gasteiger partial charge in [0, 0.05) is 61.1 Å². The van der Waals surface area contributed by atoms with E-state index < -0.39 is 0 Å². The van der Waals surface area contributed by atoms with Crippen LogP contribution in [0.15, 0.2) is 85.3 Å². The van der Waals surface area contributed by atoms with Crippen LogP contribution in [0, 0.1) is 0 Å². The van der Waals surface area contributed by atoms with Gasteiger partial charge in [-0.05, 0) is 66.3 Å². The topological polar surface area (TPSA) is 85.5 Å². The Morgan fingerprint density at radius 1 is 0.769 bits per heavy atom. The first kappa shape index (κ1) is 23.6. The zero-order valence-electron chi connectivity index (χ0n) is 21.8. The number of benzene rings is 2. The number of nitrogens with one attached hydrogen (secondary N) is 3. The third-order valence-electron chi connectivity index (χ3n) is 7.63. The zero-order chi connectivity index (χ0) is 26.0. The van der Waals surface area contributed by atoms with Crippen LogP contribution in [-0.4, -0.2) is 38.2 Å². The first-order chi connectivity index (χ1) is 19.3. The van der Waals surface area contributed by atoms with Crippen molar-refractivity contribution in [1.29, 1.82) is 0 Å². The molecule has 1 aliphatic heterocycles. The molecule has 0 radical (unpaired) electrons. The third-order valence-corrected chi connectivity index (χ3v) is 7.63. The van der Waals surface area contributed by atoms with Gasteiger partial charge in [0.25, 0.3) is 0 Å². The molecule has 0 saturated carbocycles. The van der Waals surface area contributed by atoms with Crippen molar-refractivity contribution in [3.05, 3.63) is 96.4 Å². The van der Waals surface area contributed by atoms with Gasteiger partial charge in [-0.15, -0.1) is 0 Å². The highest BCUT2D eigenvalue weighted by molar-refractivity contribution is 6.00. The maximum atomic E-state index is 4.75. The van der Waals surface area contributed by atoms with Gasteiger partial charge in [0.05, 0.1) is 16.7 Å². The molecule has 5 heterocycles. The number of fused-ring (bicyclic) bond motifs is 2. The van der Waals surface area contributed by atoms with Gasteiger partial charge in [0.1, 0.15) is 11.5 Å². The molecule has 2 aromatic carbocycles. The summed E-state index contributed by atoms with van der Waals surface area (Å²) in [7, 11) is 0. The Balaban J connectivity index is 1.18. The summed E-state index contributed by atoms with van der Waals surface area (Å²) in [5, 5.41) is 13.7. The van der Waals surface area contributed by atoms with E-state index in [1.807, 2.05) is 24.7 Å². The maximum Gasteiger partial charge on any atom is 0.137 e. The van der Waals surface area contributed by atoms with Crippen molar-refractivity contribution in [2.75, 3.05) is 18.0 Å². The lowest BCUT2D eigenvalue weighted by molar-refractivity contribution is 0.575. The predicted molar refractivity (Wildman–Crippen MR) is 157 cm³/mol. The molecule has 0 aliphatic carbocycles. The van der Waals surface area contributed by atoms with Gasteiger partial charge >= 0.3 is 0 Å². The Morgan fingerprint density at radius 3 is 2.54 bits per heavy atom. The van der Waals surface area contributed by atoms with Crippen molar-refractivity contribution >= 4 is 27.6 Å². The highest BCUT2D eigenvalue weighted by Gasteiger charge is 2.18. The van der Waals surface area contributed by atoms with Crippen molar-refractivity contribution in [3.63, 3.8) is 0 Å². The van der Waals surface area contributed by atoms with Gasteiger partial charge < -0.3 is 15.2 Å². The Hall–Kier alpha value is -4.49. The van der Waals surface area contributed by atoms with E-state index in [1.54, 1.807) is 0 Å². The number of aromatic amines is 2. The lowest BCUT2D eigenvalue weighted by Gasteiger charge is -2.28. The summed E-state index contributed by atoms with van der Waals surface area (Å²) >= 11 is 0. The van der Waals surface area contributed by atoms with Crippen molar-refractivity contribution in [1.82, 2.24) is 30.5 Å². The number of anilines is 1. The van der Waals surface area contributed by atoms with Crippen LogP contribution in [0.5, 0.6) is 0 Å². The molecule has 0 amide bonds. The van der Waals surface area contributed by atoms with Crippen LogP contribution >= 0.6 is 0 Å². The minimum atomic E-state index is 0.761. The Labute approximate surface area is 227 Å². The van der Waals surface area contributed by atoms with Crippen molar-refractivity contribution in [2.24, 2.45) is 0 Å². The molecule has 1 fully saturated rings. The van der Waals surface area contributed by atoms with E-state index >= 15 is 0 Å². The van der Waals surface area contributed by atoms with Gasteiger partial charge in [0.2, 0.25) is 0 Å². The van der Waals surface area contributed by atoms with E-state index in [-0.39, 0.29) is 0 Å². The lowest BCUT2D eigenvalue weighted by atomic mass is 10.0. The van der Waals surface area contributed by atoms with E-state index in [2.05, 4.69) is 85.9 Å². The number of pyridine rings is 2. The van der Waals surface area contributed by atoms with Gasteiger partial charge in [-0.2, -0.15) is 5.10 Å². The van der Waals surface area contributed by atoms with Gasteiger partial charge in [-0.1, -0.05) is 36.4 Å². The normalized spacial score (nSPS) is 13.9. The molecule has 1 saturated heterocycles. The number of nitrogens with zero attached hydrogens (tertiary/aromatic N) is 4. The minimum Gasteiger partial charge on any atom is -0.356 e. The van der Waals surface area contributed by atoms with Crippen LogP contribution < -0.4 is 10.2 Å². The SMILES string of the molecule is c1ccc(CNCc2cncc(-c3ccc4[nH]nc(-c5cc6c(N7CCCCC7)nccc6[nH]5)c4c3)c2)cc1. The van der Waals surface area contributed by atoms with Crippen LogP contribution in [0.3, 0.4) is 0 Å². The molecule has 0 spiro atoms. The van der Waals surface area contributed by atoms with Crippen LogP contribution in [-0.2, 0) is 13.1 Å². The predicted octanol–water partition coefficient (Wildman–Crippen LogP) is 6.45. The molecule has 7 heteroatoms. The highest BCUT2D eigenvalue weighted by Crippen LogP contribution is 2.34. The average molecular weight is 514 g/mol. The van der Waals surface area contributed by atoms with Crippen LogP contribution in [0.25, 0.3) is 44.3 Å². The number of hydrogen-bond donors (Lipinski definition) is 3. The van der Waals surface area contributed by atoms with E-state index in [0.717, 1.165) is 81.9 Å². The molecule has 0 unspecified atom stereocenters. The summed E-state index contributed by atoms with van der Waals surface area (Å²) in [6.45, 7) is 3.72. The van der Waals surface area contributed by atoms with Gasteiger partial charge in [-0.3, -0.25) is 10.1 Å². The monoisotopic (exact) mass is 513 g/mol. The van der Waals surface area contributed by atoms with Gasteiger partial charge in [0.15, 0.2) is 0 Å². The first-order valence-electron chi connectivity index (χ1n) is 13.7. The summed E-state index contributed by atoms with van der Waals surface area (Å²) in [4.78, 5) is 15.3.